The van der Waals surface area contributed by atoms with Crippen LogP contribution in [0.15, 0.2) is 41.1 Å². The van der Waals surface area contributed by atoms with Gasteiger partial charge in [0.15, 0.2) is 5.65 Å². The number of nitrogens with zero attached hydrogens (tertiary/aromatic N) is 2. The Labute approximate surface area is 198 Å². The van der Waals surface area contributed by atoms with Crippen molar-refractivity contribution in [2.45, 2.75) is 38.0 Å². The van der Waals surface area contributed by atoms with Crippen molar-refractivity contribution in [2.75, 3.05) is 5.32 Å². The fourth-order valence-corrected chi connectivity index (χ4v) is 3.76. The van der Waals surface area contributed by atoms with Crippen molar-refractivity contribution < 1.29 is 36.6 Å². The molecule has 0 fully saturated rings. The number of carboxylic acids is 1. The van der Waals surface area contributed by atoms with E-state index in [1.54, 1.807) is 22.7 Å². The molecule has 0 aliphatic heterocycles. The highest BCUT2D eigenvalue weighted by Gasteiger charge is 2.38. The molecule has 13 heteroatoms. The Kier molecular flexibility index (Phi) is 7.44. The molecule has 0 aliphatic carbocycles. The van der Waals surface area contributed by atoms with Gasteiger partial charge in [-0.2, -0.15) is 13.2 Å². The zero-order chi connectivity index (χ0) is 25.2. The van der Waals surface area contributed by atoms with Gasteiger partial charge in [0, 0.05) is 30.2 Å². The van der Waals surface area contributed by atoms with Crippen LogP contribution in [0.4, 0.5) is 27.6 Å². The summed E-state index contributed by atoms with van der Waals surface area (Å²) in [6, 6.07) is 0.706. The predicted molar refractivity (Wildman–Crippen MR) is 116 cm³/mol. The number of carbonyl (C=O) groups excluding carboxylic acids is 1. The first-order chi connectivity index (χ1) is 15.9. The Bertz CT molecular complexity index is 1210. The molecular formula is C21H18BrF5N4O3. The summed E-state index contributed by atoms with van der Waals surface area (Å²) in [5.41, 5.74) is -0.678. The first kappa shape index (κ1) is 25.4. The molecule has 0 bridgehead atoms. The lowest BCUT2D eigenvalue weighted by atomic mass is 10.1. The van der Waals surface area contributed by atoms with E-state index in [9.17, 15) is 36.6 Å². The molecule has 0 saturated carbocycles. The van der Waals surface area contributed by atoms with Crippen molar-refractivity contribution in [3.8, 4) is 0 Å². The highest BCUT2D eigenvalue weighted by molar-refractivity contribution is 9.10. The number of anilines is 1. The second kappa shape index (κ2) is 9.95. The SMILES string of the molecule is CCC(Nc1cc(F)c(C(=O)NC(Cc2ccc(Br)c3nccn23)C(=O)O)c(F)c1)C(F)(F)F. The highest BCUT2D eigenvalue weighted by Crippen LogP contribution is 2.27. The molecule has 3 N–H and O–H groups in total. The van der Waals surface area contributed by atoms with Crippen LogP contribution in [0.25, 0.3) is 5.65 Å². The maximum atomic E-state index is 14.5. The number of imidazole rings is 1. The van der Waals surface area contributed by atoms with Crippen molar-refractivity contribution in [3.05, 3.63) is 64.0 Å². The summed E-state index contributed by atoms with van der Waals surface area (Å²) in [4.78, 5) is 28.4. The number of fused-ring (bicyclic) bond motifs is 1. The third kappa shape index (κ3) is 5.46. The summed E-state index contributed by atoms with van der Waals surface area (Å²) in [5.74, 6) is -5.71. The summed E-state index contributed by atoms with van der Waals surface area (Å²) in [5, 5.41) is 13.6. The van der Waals surface area contributed by atoms with Gasteiger partial charge in [-0.25, -0.2) is 18.6 Å². The van der Waals surface area contributed by atoms with Crippen LogP contribution in [0.5, 0.6) is 0 Å². The molecule has 1 amide bonds. The van der Waals surface area contributed by atoms with E-state index in [1.165, 1.54) is 13.1 Å². The maximum Gasteiger partial charge on any atom is 0.408 e. The average Bonchev–Trinajstić information content (AvgIpc) is 3.23. The Hall–Kier alpha value is -3.22. The largest absolute Gasteiger partial charge is 0.480 e. The molecule has 0 radical (unpaired) electrons. The number of hydrogen-bond donors (Lipinski definition) is 3. The average molecular weight is 549 g/mol. The van der Waals surface area contributed by atoms with Gasteiger partial charge in [-0.05, 0) is 46.6 Å². The minimum Gasteiger partial charge on any atom is -0.480 e. The van der Waals surface area contributed by atoms with Crippen LogP contribution in [0, 0.1) is 11.6 Å². The third-order valence-corrected chi connectivity index (χ3v) is 5.63. The monoisotopic (exact) mass is 548 g/mol. The molecule has 3 aromatic rings. The van der Waals surface area contributed by atoms with Crippen LogP contribution in [-0.4, -0.2) is 44.6 Å². The molecule has 0 aliphatic rings. The number of aromatic nitrogens is 2. The third-order valence-electron chi connectivity index (χ3n) is 5.02. The molecule has 7 nitrogen and oxygen atoms in total. The molecule has 2 unspecified atom stereocenters. The van der Waals surface area contributed by atoms with Crippen LogP contribution >= 0.6 is 15.9 Å². The number of pyridine rings is 1. The summed E-state index contributed by atoms with van der Waals surface area (Å²) in [6.07, 6.45) is -2.23. The van der Waals surface area contributed by atoms with Crippen molar-refractivity contribution in [2.24, 2.45) is 0 Å². The van der Waals surface area contributed by atoms with Crippen molar-refractivity contribution in [3.63, 3.8) is 0 Å². The van der Waals surface area contributed by atoms with E-state index in [1.807, 2.05) is 5.32 Å². The van der Waals surface area contributed by atoms with Gasteiger partial charge in [0.1, 0.15) is 29.3 Å². The number of hydrogen-bond acceptors (Lipinski definition) is 4. The molecule has 2 heterocycles. The number of amides is 1. The first-order valence-corrected chi connectivity index (χ1v) is 10.7. The molecule has 1 aromatic carbocycles. The standard InChI is InChI=1S/C21H18BrF5N4O3/c1-2-16(21(25,26)27)29-10-7-13(23)17(14(24)8-10)19(32)30-15(20(33)34)9-11-3-4-12(22)18-28-5-6-31(11)18/h3-8,15-16,29H,2,9H2,1H3,(H,30,32)(H,33,34). The van der Waals surface area contributed by atoms with Gasteiger partial charge in [0.05, 0.1) is 4.47 Å². The maximum absolute atomic E-state index is 14.5. The van der Waals surface area contributed by atoms with Crippen molar-refractivity contribution in [1.29, 1.82) is 0 Å². The number of carbonyl (C=O) groups is 2. The topological polar surface area (TPSA) is 95.7 Å². The molecule has 182 valence electrons. The fourth-order valence-electron chi connectivity index (χ4n) is 3.33. The lowest BCUT2D eigenvalue weighted by Crippen LogP contribution is -2.43. The van der Waals surface area contributed by atoms with E-state index in [2.05, 4.69) is 26.2 Å². The molecule has 0 saturated heterocycles. The van der Waals surface area contributed by atoms with Crippen LogP contribution in [0.2, 0.25) is 0 Å². The number of rotatable bonds is 8. The van der Waals surface area contributed by atoms with Crippen LogP contribution in [0.3, 0.4) is 0 Å². The Morgan fingerprint density at radius 2 is 1.85 bits per heavy atom. The zero-order valence-electron chi connectivity index (χ0n) is 17.5. The minimum absolute atomic E-state index is 0.242. The molecule has 2 aromatic heterocycles. The van der Waals surface area contributed by atoms with Gasteiger partial charge in [-0.15, -0.1) is 0 Å². The van der Waals surface area contributed by atoms with Gasteiger partial charge in [-0.1, -0.05) is 6.92 Å². The summed E-state index contributed by atoms with van der Waals surface area (Å²) in [6.45, 7) is 1.24. The van der Waals surface area contributed by atoms with Crippen LogP contribution < -0.4 is 10.6 Å². The number of aliphatic carboxylic acids is 1. The second-order valence-corrected chi connectivity index (χ2v) is 8.18. The van der Waals surface area contributed by atoms with Crippen molar-refractivity contribution >= 4 is 39.1 Å². The lowest BCUT2D eigenvalue weighted by Gasteiger charge is -2.22. The summed E-state index contributed by atoms with van der Waals surface area (Å²) >= 11 is 3.31. The van der Waals surface area contributed by atoms with Gasteiger partial charge in [0.2, 0.25) is 0 Å². The highest BCUT2D eigenvalue weighted by atomic mass is 79.9. The van der Waals surface area contributed by atoms with E-state index in [0.29, 0.717) is 27.9 Å². The quantitative estimate of drug-likeness (QED) is 0.359. The summed E-state index contributed by atoms with van der Waals surface area (Å²) < 4.78 is 70.1. The van der Waals surface area contributed by atoms with Gasteiger partial charge >= 0.3 is 12.1 Å². The lowest BCUT2D eigenvalue weighted by molar-refractivity contribution is -0.143. The van der Waals surface area contributed by atoms with E-state index in [-0.39, 0.29) is 6.42 Å². The number of benzene rings is 1. The number of alkyl halides is 3. The van der Waals surface area contributed by atoms with Crippen LogP contribution in [-0.2, 0) is 11.2 Å². The van der Waals surface area contributed by atoms with Gasteiger partial charge in [0.25, 0.3) is 5.91 Å². The number of nitrogens with one attached hydrogen (secondary N) is 2. The first-order valence-electron chi connectivity index (χ1n) is 9.88. The minimum atomic E-state index is -4.65. The normalized spacial score (nSPS) is 13.5. The van der Waals surface area contributed by atoms with E-state index in [4.69, 9.17) is 0 Å². The van der Waals surface area contributed by atoms with E-state index < -0.39 is 59.4 Å². The van der Waals surface area contributed by atoms with E-state index in [0.717, 1.165) is 0 Å². The zero-order valence-corrected chi connectivity index (χ0v) is 19.0. The van der Waals surface area contributed by atoms with Gasteiger partial charge < -0.3 is 20.1 Å². The molecule has 2 atom stereocenters. The van der Waals surface area contributed by atoms with Gasteiger partial charge in [-0.3, -0.25) is 4.79 Å². The summed E-state index contributed by atoms with van der Waals surface area (Å²) in [7, 11) is 0. The fraction of sp³-hybridized carbons (Fsp3) is 0.286. The molecule has 34 heavy (non-hydrogen) atoms. The Balaban J connectivity index is 1.83. The number of halogens is 6. The molecule has 0 spiro atoms. The van der Waals surface area contributed by atoms with Crippen molar-refractivity contribution in [1.82, 2.24) is 14.7 Å². The molecule has 3 rings (SSSR count). The Morgan fingerprint density at radius 3 is 2.41 bits per heavy atom. The Morgan fingerprint density at radius 1 is 1.21 bits per heavy atom. The van der Waals surface area contributed by atoms with E-state index >= 15 is 0 Å². The second-order valence-electron chi connectivity index (χ2n) is 7.32. The van der Waals surface area contributed by atoms with Crippen LogP contribution in [0.1, 0.15) is 29.4 Å². The molecular weight excluding hydrogens is 531 g/mol. The predicted octanol–water partition coefficient (Wildman–Crippen LogP) is 4.55. The smallest absolute Gasteiger partial charge is 0.408 e. The number of carboxylic acid groups (broad SMARTS) is 1.